The highest BCUT2D eigenvalue weighted by atomic mass is 16.5. The average Bonchev–Trinajstić information content (AvgIpc) is 2.82. The summed E-state index contributed by atoms with van der Waals surface area (Å²) in [6.45, 7) is 9.29. The summed E-state index contributed by atoms with van der Waals surface area (Å²) in [6.07, 6.45) is 3.47. The summed E-state index contributed by atoms with van der Waals surface area (Å²) in [7, 11) is 0. The van der Waals surface area contributed by atoms with Crippen molar-refractivity contribution in [2.45, 2.75) is 53.4 Å². The average molecular weight is 460 g/mol. The molecule has 0 saturated carbocycles. The number of carbonyl (C=O) groups excluding carboxylic acids is 1. The van der Waals surface area contributed by atoms with Gasteiger partial charge in [0.1, 0.15) is 11.5 Å². The van der Waals surface area contributed by atoms with E-state index in [9.17, 15) is 4.79 Å². The molecule has 0 aromatic heterocycles. The lowest BCUT2D eigenvalue weighted by Crippen LogP contribution is -2.31. The van der Waals surface area contributed by atoms with E-state index in [2.05, 4.69) is 54.7 Å². The summed E-state index contributed by atoms with van der Waals surface area (Å²) >= 11 is 0. The Labute approximate surface area is 204 Å². The van der Waals surface area contributed by atoms with E-state index in [4.69, 9.17) is 9.47 Å². The van der Waals surface area contributed by atoms with Crippen LogP contribution in [0.1, 0.15) is 49.8 Å². The predicted octanol–water partition coefficient (Wildman–Crippen LogP) is 7.14. The highest BCUT2D eigenvalue weighted by molar-refractivity contribution is 5.94. The number of aryl methyl sites for hydroxylation is 3. The van der Waals surface area contributed by atoms with Crippen molar-refractivity contribution in [3.8, 4) is 11.5 Å². The fourth-order valence-corrected chi connectivity index (χ4v) is 3.75. The van der Waals surface area contributed by atoms with Crippen LogP contribution in [-0.2, 0) is 11.2 Å². The zero-order chi connectivity index (χ0) is 24.4. The molecule has 4 nitrogen and oxygen atoms in total. The Morgan fingerprint density at radius 2 is 1.62 bits per heavy atom. The van der Waals surface area contributed by atoms with Crippen LogP contribution in [0.4, 0.5) is 5.69 Å². The molecular weight excluding hydrogens is 422 g/mol. The van der Waals surface area contributed by atoms with Crippen LogP contribution in [0.25, 0.3) is 0 Å². The van der Waals surface area contributed by atoms with Gasteiger partial charge >= 0.3 is 0 Å². The molecule has 0 spiro atoms. The molecule has 0 radical (unpaired) electrons. The first kappa shape index (κ1) is 25.4. The van der Waals surface area contributed by atoms with Gasteiger partial charge in [0, 0.05) is 17.2 Å². The van der Waals surface area contributed by atoms with Crippen molar-refractivity contribution < 1.29 is 14.3 Å². The summed E-state index contributed by atoms with van der Waals surface area (Å²) in [6, 6.07) is 24.2. The van der Waals surface area contributed by atoms with Gasteiger partial charge < -0.3 is 14.8 Å². The van der Waals surface area contributed by atoms with Crippen molar-refractivity contribution >= 4 is 11.6 Å². The van der Waals surface area contributed by atoms with Crippen LogP contribution in [0.15, 0.2) is 72.8 Å². The number of amides is 1. The summed E-state index contributed by atoms with van der Waals surface area (Å²) in [4.78, 5) is 12.9. The molecule has 1 amide bonds. The Morgan fingerprint density at radius 3 is 2.41 bits per heavy atom. The summed E-state index contributed by atoms with van der Waals surface area (Å²) in [5.74, 6) is 1.69. The molecule has 0 atom stereocenters. The first-order valence-corrected chi connectivity index (χ1v) is 12.1. The lowest BCUT2D eigenvalue weighted by Gasteiger charge is -2.24. The number of rotatable bonds is 12. The van der Waals surface area contributed by atoms with E-state index >= 15 is 0 Å². The fraction of sp³-hybridized carbons (Fsp3) is 0.367. The number of hydrogen-bond acceptors (Lipinski definition) is 3. The number of hydrogen-bond donors (Lipinski definition) is 1. The van der Waals surface area contributed by atoms with Crippen molar-refractivity contribution in [2.24, 2.45) is 5.41 Å². The van der Waals surface area contributed by atoms with Gasteiger partial charge in [0.2, 0.25) is 5.91 Å². The van der Waals surface area contributed by atoms with Crippen LogP contribution in [-0.4, -0.2) is 19.1 Å². The molecule has 4 heteroatoms. The van der Waals surface area contributed by atoms with Gasteiger partial charge in [-0.25, -0.2) is 0 Å². The second-order valence-corrected chi connectivity index (χ2v) is 9.52. The monoisotopic (exact) mass is 459 g/mol. The third-order valence-electron chi connectivity index (χ3n) is 5.98. The molecule has 180 valence electrons. The van der Waals surface area contributed by atoms with Crippen molar-refractivity contribution in [1.29, 1.82) is 0 Å². The molecule has 3 rings (SSSR count). The number of benzene rings is 3. The number of carbonyl (C=O) groups is 1. The molecule has 0 unspecified atom stereocenters. The lowest BCUT2D eigenvalue weighted by atomic mass is 9.87. The van der Waals surface area contributed by atoms with E-state index in [0.717, 1.165) is 48.4 Å². The molecular formula is C30H37NO3. The quantitative estimate of drug-likeness (QED) is 0.293. The van der Waals surface area contributed by atoms with Gasteiger partial charge in [-0.05, 0) is 74.4 Å². The Morgan fingerprint density at radius 1 is 0.853 bits per heavy atom. The van der Waals surface area contributed by atoms with Gasteiger partial charge in [0.15, 0.2) is 0 Å². The zero-order valence-electron chi connectivity index (χ0n) is 20.9. The SMILES string of the molecule is Cc1ccc(C)c(OCCCC(C)(C)C(=O)Nc2cccc(OCCCc3ccccc3)c2)c1. The molecule has 0 bridgehead atoms. The third-order valence-corrected chi connectivity index (χ3v) is 5.98. The maximum atomic E-state index is 12.9. The minimum Gasteiger partial charge on any atom is -0.494 e. The van der Waals surface area contributed by atoms with Crippen LogP contribution < -0.4 is 14.8 Å². The van der Waals surface area contributed by atoms with Gasteiger partial charge in [-0.1, -0.05) is 62.4 Å². The lowest BCUT2D eigenvalue weighted by molar-refractivity contribution is -0.124. The molecule has 1 N–H and O–H groups in total. The van der Waals surface area contributed by atoms with Crippen LogP contribution in [0.3, 0.4) is 0 Å². The van der Waals surface area contributed by atoms with Crippen LogP contribution in [0.2, 0.25) is 0 Å². The fourth-order valence-electron chi connectivity index (χ4n) is 3.75. The summed E-state index contributed by atoms with van der Waals surface area (Å²) in [5.41, 5.74) is 3.88. The number of nitrogens with one attached hydrogen (secondary N) is 1. The Balaban J connectivity index is 1.42. The van der Waals surface area contributed by atoms with Gasteiger partial charge in [-0.3, -0.25) is 4.79 Å². The van der Waals surface area contributed by atoms with Crippen LogP contribution in [0.5, 0.6) is 11.5 Å². The van der Waals surface area contributed by atoms with Crippen LogP contribution in [0, 0.1) is 19.3 Å². The second-order valence-electron chi connectivity index (χ2n) is 9.52. The molecule has 0 aliphatic heterocycles. The van der Waals surface area contributed by atoms with E-state index < -0.39 is 5.41 Å². The molecule has 0 aliphatic rings. The number of ether oxygens (including phenoxy) is 2. The van der Waals surface area contributed by atoms with E-state index in [-0.39, 0.29) is 5.91 Å². The molecule has 0 heterocycles. The predicted molar refractivity (Wildman–Crippen MR) is 140 cm³/mol. The Hall–Kier alpha value is -3.27. The first-order chi connectivity index (χ1) is 16.3. The smallest absolute Gasteiger partial charge is 0.230 e. The highest BCUT2D eigenvalue weighted by Crippen LogP contribution is 2.27. The van der Waals surface area contributed by atoms with Crippen molar-refractivity contribution in [2.75, 3.05) is 18.5 Å². The second kappa shape index (κ2) is 12.3. The number of anilines is 1. The van der Waals surface area contributed by atoms with Crippen molar-refractivity contribution in [1.82, 2.24) is 0 Å². The van der Waals surface area contributed by atoms with Crippen molar-refractivity contribution in [3.05, 3.63) is 89.5 Å². The van der Waals surface area contributed by atoms with Gasteiger partial charge in [0.05, 0.1) is 13.2 Å². The van der Waals surface area contributed by atoms with E-state index in [1.165, 1.54) is 11.1 Å². The maximum Gasteiger partial charge on any atom is 0.230 e. The minimum absolute atomic E-state index is 0.000429. The van der Waals surface area contributed by atoms with Gasteiger partial charge in [-0.2, -0.15) is 0 Å². The van der Waals surface area contributed by atoms with Crippen LogP contribution >= 0.6 is 0 Å². The van der Waals surface area contributed by atoms with E-state index in [0.29, 0.717) is 13.2 Å². The maximum absolute atomic E-state index is 12.9. The summed E-state index contributed by atoms with van der Waals surface area (Å²) in [5, 5.41) is 3.05. The molecule has 0 fully saturated rings. The van der Waals surface area contributed by atoms with E-state index in [1.54, 1.807) is 0 Å². The molecule has 0 aliphatic carbocycles. The Kier molecular flexibility index (Phi) is 9.15. The first-order valence-electron chi connectivity index (χ1n) is 12.1. The molecule has 34 heavy (non-hydrogen) atoms. The molecule has 3 aromatic rings. The van der Waals surface area contributed by atoms with Crippen molar-refractivity contribution in [3.63, 3.8) is 0 Å². The molecule has 0 saturated heterocycles. The Bertz CT molecular complexity index is 1060. The summed E-state index contributed by atoms with van der Waals surface area (Å²) < 4.78 is 11.9. The standard InChI is InChI=1S/C30H37NO3/c1-23-16-17-24(2)28(21-23)34-20-10-18-30(3,4)29(32)31-26-14-8-15-27(22-26)33-19-9-13-25-11-6-5-7-12-25/h5-8,11-12,14-17,21-22H,9-10,13,18-20H2,1-4H3,(H,31,32). The largest absolute Gasteiger partial charge is 0.494 e. The highest BCUT2D eigenvalue weighted by Gasteiger charge is 2.27. The molecule has 3 aromatic carbocycles. The third kappa shape index (κ3) is 7.95. The van der Waals surface area contributed by atoms with Gasteiger partial charge in [-0.15, -0.1) is 0 Å². The normalized spacial score (nSPS) is 11.2. The van der Waals surface area contributed by atoms with Gasteiger partial charge in [0.25, 0.3) is 0 Å². The van der Waals surface area contributed by atoms with E-state index in [1.807, 2.05) is 51.1 Å². The topological polar surface area (TPSA) is 47.6 Å². The minimum atomic E-state index is -0.502. The zero-order valence-corrected chi connectivity index (χ0v) is 20.9.